The van der Waals surface area contributed by atoms with Gasteiger partial charge in [0.15, 0.2) is 0 Å². The molecule has 0 unspecified atom stereocenters. The molecule has 0 aliphatic carbocycles. The summed E-state index contributed by atoms with van der Waals surface area (Å²) in [5.41, 5.74) is 0. The topological polar surface area (TPSA) is 102 Å². The van der Waals surface area contributed by atoms with Crippen molar-refractivity contribution in [3.05, 3.63) is 0 Å². The maximum atomic E-state index is 8.68. The fraction of sp³-hybridized carbons (Fsp3) is 0.143. The molecule has 0 aliphatic heterocycles. The van der Waals surface area contributed by atoms with Gasteiger partial charge in [0.1, 0.15) is 0 Å². The molecule has 6 nitrogen and oxygen atoms in total. The summed E-state index contributed by atoms with van der Waals surface area (Å²) in [7, 11) is 0. The number of carbonyl (C=O) groups excluding carboxylic acids is 6. The van der Waals surface area contributed by atoms with Crippen LogP contribution in [0.3, 0.4) is 0 Å². The van der Waals surface area contributed by atoms with Crippen LogP contribution in [0.5, 0.6) is 0 Å². The van der Waals surface area contributed by atoms with Gasteiger partial charge in [-0.3, -0.25) is 40.2 Å². The molecular formula is C7H8O6Re-6. The molecular weight excluding hydrogens is 366 g/mol. The van der Waals surface area contributed by atoms with Crippen LogP contribution < -0.4 is 0 Å². The average Bonchev–Trinajstić information content (AvgIpc) is 2.32. The van der Waals surface area contributed by atoms with Gasteiger partial charge in [-0.15, -0.1) is 0 Å². The SMILES string of the molecule is C[C-]=O.[CH-]=O.[CH-]=O.[CH-]=O.[CH-]=O.[CH-]=O.[Re]. The van der Waals surface area contributed by atoms with Gasteiger partial charge in [-0.25, -0.2) is 0 Å². The number of hydrogen-bond donors (Lipinski definition) is 0. The molecule has 1 radical (unpaired) electrons. The third kappa shape index (κ3) is 577. The minimum Gasteiger partial charge on any atom is -0.545 e. The Morgan fingerprint density at radius 1 is 0.643 bits per heavy atom. The van der Waals surface area contributed by atoms with Crippen LogP contribution in [0.4, 0.5) is 0 Å². The predicted molar refractivity (Wildman–Crippen MR) is 45.1 cm³/mol. The van der Waals surface area contributed by atoms with Crippen LogP contribution in [-0.4, -0.2) is 40.2 Å². The first kappa shape index (κ1) is 53.6. The fourth-order valence-corrected chi connectivity index (χ4v) is 0. The molecule has 0 rings (SSSR count). The minimum atomic E-state index is 0. The smallest absolute Gasteiger partial charge is 0 e. The van der Waals surface area contributed by atoms with Crippen LogP contribution in [0.15, 0.2) is 0 Å². The molecule has 0 saturated carbocycles. The van der Waals surface area contributed by atoms with Gasteiger partial charge in [0, 0.05) is 20.4 Å². The van der Waals surface area contributed by atoms with Gasteiger partial charge in [-0.1, -0.05) is 0 Å². The molecule has 0 aliphatic rings. The first-order valence-electron chi connectivity index (χ1n) is 1.88. The second-order valence-corrected chi connectivity index (χ2v) is 0.204. The van der Waals surface area contributed by atoms with Gasteiger partial charge in [-0.05, 0) is 0 Å². The van der Waals surface area contributed by atoms with E-state index in [2.05, 4.69) is 33.9 Å². The molecule has 0 aromatic rings. The summed E-state index contributed by atoms with van der Waals surface area (Å²) in [6, 6.07) is 0. The Balaban J connectivity index is -0.00000000838. The van der Waals surface area contributed by atoms with Crippen molar-refractivity contribution >= 4 is 40.2 Å². The zero-order chi connectivity index (χ0) is 12.7. The van der Waals surface area contributed by atoms with Crippen molar-refractivity contribution < 1.29 is 49.2 Å². The second-order valence-electron chi connectivity index (χ2n) is 0.204. The predicted octanol–water partition coefficient (Wildman–Crippen LogP) is -1.26. The van der Waals surface area contributed by atoms with Crippen LogP contribution in [0.1, 0.15) is 6.92 Å². The molecule has 0 amide bonds. The first-order chi connectivity index (χ1) is 6.41. The summed E-state index contributed by atoms with van der Waals surface area (Å²) >= 11 is 0. The van der Waals surface area contributed by atoms with E-state index in [1.807, 2.05) is 0 Å². The van der Waals surface area contributed by atoms with Crippen LogP contribution in [0, 0.1) is 0 Å². The Bertz CT molecular complexity index is 52.5. The van der Waals surface area contributed by atoms with E-state index in [1.165, 1.54) is 13.2 Å². The van der Waals surface area contributed by atoms with E-state index in [1.54, 1.807) is 0 Å². The molecule has 85 valence electrons. The van der Waals surface area contributed by atoms with Crippen LogP contribution >= 0.6 is 0 Å². The molecule has 14 heavy (non-hydrogen) atoms. The molecule has 0 spiro atoms. The summed E-state index contributed by atoms with van der Waals surface area (Å²) in [5, 5.41) is 0. The van der Waals surface area contributed by atoms with Gasteiger partial charge in [0.25, 0.3) is 0 Å². The molecule has 0 heterocycles. The number of hydrogen-bond acceptors (Lipinski definition) is 6. The molecule has 0 aromatic carbocycles. The Hall–Kier alpha value is -1.32. The third-order valence-corrected chi connectivity index (χ3v) is 0. The zero-order valence-corrected chi connectivity index (χ0v) is 9.93. The second kappa shape index (κ2) is 13200. The molecule has 0 atom stereocenters. The summed E-state index contributed by atoms with van der Waals surface area (Å²) in [5.74, 6) is 0. The van der Waals surface area contributed by atoms with E-state index in [4.69, 9.17) is 28.8 Å². The van der Waals surface area contributed by atoms with Gasteiger partial charge < -0.3 is 28.8 Å². The zero-order valence-electron chi connectivity index (χ0n) is 7.21. The molecule has 7 heteroatoms. The van der Waals surface area contributed by atoms with Crippen LogP contribution in [0.2, 0.25) is 0 Å². The first-order valence-corrected chi connectivity index (χ1v) is 1.88. The van der Waals surface area contributed by atoms with Crippen molar-refractivity contribution in [1.82, 2.24) is 0 Å². The standard InChI is InChI=1S/C2H3O.5CHO.Re/c1-2-3;5*1-2;/h1H3;5*1H;/q6*-1;. The van der Waals surface area contributed by atoms with E-state index in [9.17, 15) is 0 Å². The Morgan fingerprint density at radius 2 is 0.643 bits per heavy atom. The van der Waals surface area contributed by atoms with Crippen molar-refractivity contribution in [2.75, 3.05) is 0 Å². The molecule has 0 saturated heterocycles. The monoisotopic (exact) mass is 375 g/mol. The van der Waals surface area contributed by atoms with Gasteiger partial charge in [-0.2, -0.15) is 6.92 Å². The molecule has 0 N–H and O–H groups in total. The normalized spacial score (nSPS) is 2.36. The summed E-state index contributed by atoms with van der Waals surface area (Å²) in [4.78, 5) is 47.4. The Kier molecular flexibility index (Phi) is 50600. The minimum absolute atomic E-state index is 0. The average molecular weight is 374 g/mol. The largest absolute Gasteiger partial charge is 0.545 e. The fourth-order valence-electron chi connectivity index (χ4n) is 0. The maximum Gasteiger partial charge on any atom is 0 e. The van der Waals surface area contributed by atoms with Gasteiger partial charge in [0.2, 0.25) is 0 Å². The van der Waals surface area contributed by atoms with E-state index in [-0.39, 0.29) is 20.4 Å². The maximum absolute atomic E-state index is 8.68. The van der Waals surface area contributed by atoms with Crippen molar-refractivity contribution in [2.45, 2.75) is 6.92 Å². The summed E-state index contributed by atoms with van der Waals surface area (Å²) in [6.45, 7) is 17.6. The molecule has 0 fully saturated rings. The quantitative estimate of drug-likeness (QED) is 0.388. The summed E-state index contributed by atoms with van der Waals surface area (Å²) < 4.78 is 0. The third-order valence-electron chi connectivity index (χ3n) is 0. The van der Waals surface area contributed by atoms with Crippen molar-refractivity contribution in [2.24, 2.45) is 0 Å². The van der Waals surface area contributed by atoms with Gasteiger partial charge >= 0.3 is 0 Å². The van der Waals surface area contributed by atoms with E-state index in [0.717, 1.165) is 0 Å². The Morgan fingerprint density at radius 3 is 0.643 bits per heavy atom. The van der Waals surface area contributed by atoms with Gasteiger partial charge in [0.05, 0.1) is 0 Å². The van der Waals surface area contributed by atoms with Crippen molar-refractivity contribution in [3.63, 3.8) is 0 Å². The molecule has 0 aromatic heterocycles. The van der Waals surface area contributed by atoms with E-state index in [0.29, 0.717) is 0 Å². The van der Waals surface area contributed by atoms with Crippen LogP contribution in [0.25, 0.3) is 0 Å². The van der Waals surface area contributed by atoms with Crippen LogP contribution in [-0.2, 0) is 49.2 Å². The van der Waals surface area contributed by atoms with E-state index >= 15 is 0 Å². The number of rotatable bonds is 0. The van der Waals surface area contributed by atoms with Crippen molar-refractivity contribution in [1.29, 1.82) is 0 Å². The van der Waals surface area contributed by atoms with E-state index < -0.39 is 0 Å². The van der Waals surface area contributed by atoms with Crippen molar-refractivity contribution in [3.8, 4) is 0 Å². The molecule has 0 bridgehead atoms. The Labute approximate surface area is 96.7 Å². The summed E-state index contributed by atoms with van der Waals surface area (Å²) in [6.07, 6.45) is 1.50.